The molecule has 0 N–H and O–H groups in total. The Balaban J connectivity index is 1.81. The largest absolute Gasteiger partial charge is 0.350 e. The van der Waals surface area contributed by atoms with Crippen LogP contribution in [0.1, 0.15) is 45.4 Å². The molecule has 1 unspecified atom stereocenters. The highest BCUT2D eigenvalue weighted by Crippen LogP contribution is 2.21. The maximum Gasteiger partial charge on any atom is 0.204 e. The SMILES string of the molecule is CC(C)Cc1nsc(N(C)CCC2CCCCN2C)n1. The molecular formula is C15H28N4S. The van der Waals surface area contributed by atoms with Crippen LogP contribution in [0.3, 0.4) is 0 Å². The van der Waals surface area contributed by atoms with Crippen LogP contribution in [0.15, 0.2) is 0 Å². The van der Waals surface area contributed by atoms with Gasteiger partial charge in [-0.3, -0.25) is 0 Å². The molecule has 20 heavy (non-hydrogen) atoms. The molecule has 0 aliphatic carbocycles. The first-order chi connectivity index (χ1) is 9.56. The molecule has 1 fully saturated rings. The van der Waals surface area contributed by atoms with Crippen molar-refractivity contribution in [2.45, 2.75) is 52.0 Å². The molecule has 114 valence electrons. The summed E-state index contributed by atoms with van der Waals surface area (Å²) in [5.74, 6) is 1.63. The smallest absolute Gasteiger partial charge is 0.204 e. The topological polar surface area (TPSA) is 32.3 Å². The average molecular weight is 296 g/mol. The second kappa shape index (κ2) is 7.36. The fraction of sp³-hybridized carbons (Fsp3) is 0.867. The van der Waals surface area contributed by atoms with Crippen molar-refractivity contribution in [3.05, 3.63) is 5.82 Å². The van der Waals surface area contributed by atoms with Crippen LogP contribution in [0, 0.1) is 5.92 Å². The van der Waals surface area contributed by atoms with Gasteiger partial charge in [0.2, 0.25) is 5.13 Å². The third-order valence-electron chi connectivity index (χ3n) is 4.09. The molecule has 0 saturated carbocycles. The predicted molar refractivity (Wildman–Crippen MR) is 86.6 cm³/mol. The number of rotatable bonds is 6. The quantitative estimate of drug-likeness (QED) is 0.807. The maximum atomic E-state index is 4.65. The Morgan fingerprint density at radius 1 is 1.40 bits per heavy atom. The molecule has 2 heterocycles. The lowest BCUT2D eigenvalue weighted by Crippen LogP contribution is -2.38. The Morgan fingerprint density at radius 2 is 2.20 bits per heavy atom. The lowest BCUT2D eigenvalue weighted by Gasteiger charge is -2.33. The first-order valence-corrected chi connectivity index (χ1v) is 8.57. The maximum absolute atomic E-state index is 4.65. The van der Waals surface area contributed by atoms with Gasteiger partial charge in [-0.1, -0.05) is 20.3 Å². The summed E-state index contributed by atoms with van der Waals surface area (Å²) >= 11 is 1.54. The lowest BCUT2D eigenvalue weighted by atomic mass is 10.00. The van der Waals surface area contributed by atoms with Gasteiger partial charge < -0.3 is 9.80 Å². The molecule has 0 spiro atoms. The molecule has 0 aromatic carbocycles. The Labute approximate surface area is 127 Å². The summed E-state index contributed by atoms with van der Waals surface area (Å²) in [7, 11) is 4.40. The van der Waals surface area contributed by atoms with Gasteiger partial charge in [0.1, 0.15) is 5.82 Å². The summed E-state index contributed by atoms with van der Waals surface area (Å²) in [5.41, 5.74) is 0. The van der Waals surface area contributed by atoms with Crippen LogP contribution in [0.4, 0.5) is 5.13 Å². The highest BCUT2D eigenvalue weighted by molar-refractivity contribution is 7.09. The molecule has 1 saturated heterocycles. The molecule has 1 atom stereocenters. The fourth-order valence-electron chi connectivity index (χ4n) is 2.80. The van der Waals surface area contributed by atoms with Crippen LogP contribution in [0.2, 0.25) is 0 Å². The predicted octanol–water partition coefficient (Wildman–Crippen LogP) is 3.05. The highest BCUT2D eigenvalue weighted by Gasteiger charge is 2.19. The summed E-state index contributed by atoms with van der Waals surface area (Å²) in [5, 5.41) is 1.07. The molecule has 1 aromatic rings. The molecule has 5 heteroatoms. The summed E-state index contributed by atoms with van der Waals surface area (Å²) in [6.07, 6.45) is 6.30. The van der Waals surface area contributed by atoms with E-state index < -0.39 is 0 Å². The van der Waals surface area contributed by atoms with Gasteiger partial charge in [0, 0.05) is 37.6 Å². The summed E-state index contributed by atoms with van der Waals surface area (Å²) in [6, 6.07) is 0.745. The zero-order valence-electron chi connectivity index (χ0n) is 13.3. The molecule has 1 aliphatic heterocycles. The third-order valence-corrected chi connectivity index (χ3v) is 4.96. The summed E-state index contributed by atoms with van der Waals surface area (Å²) in [6.45, 7) is 6.75. The van der Waals surface area contributed by atoms with E-state index >= 15 is 0 Å². The van der Waals surface area contributed by atoms with E-state index in [-0.39, 0.29) is 0 Å². The number of likely N-dealkylation sites (tertiary alicyclic amines) is 1. The minimum atomic E-state index is 0.624. The van der Waals surface area contributed by atoms with Crippen molar-refractivity contribution < 1.29 is 0 Å². The van der Waals surface area contributed by atoms with E-state index in [1.165, 1.54) is 43.8 Å². The normalized spacial score (nSPS) is 20.6. The molecule has 0 amide bonds. The van der Waals surface area contributed by atoms with Gasteiger partial charge in [-0.2, -0.15) is 4.37 Å². The number of piperidine rings is 1. The van der Waals surface area contributed by atoms with Crippen LogP contribution in [0.5, 0.6) is 0 Å². The lowest BCUT2D eigenvalue weighted by molar-refractivity contribution is 0.178. The van der Waals surface area contributed by atoms with Gasteiger partial charge >= 0.3 is 0 Å². The third kappa shape index (κ3) is 4.42. The van der Waals surface area contributed by atoms with Crippen LogP contribution >= 0.6 is 11.5 Å². The van der Waals surface area contributed by atoms with Crippen molar-refractivity contribution in [1.29, 1.82) is 0 Å². The zero-order valence-corrected chi connectivity index (χ0v) is 14.1. The minimum absolute atomic E-state index is 0.624. The van der Waals surface area contributed by atoms with Gasteiger partial charge in [0.15, 0.2) is 0 Å². The van der Waals surface area contributed by atoms with E-state index in [4.69, 9.17) is 0 Å². The Kier molecular flexibility index (Phi) is 5.78. The van der Waals surface area contributed by atoms with Crippen LogP contribution in [0.25, 0.3) is 0 Å². The summed E-state index contributed by atoms with van der Waals surface area (Å²) < 4.78 is 4.47. The molecule has 0 radical (unpaired) electrons. The van der Waals surface area contributed by atoms with Gasteiger partial charge in [0.25, 0.3) is 0 Å². The fourth-order valence-corrected chi connectivity index (χ4v) is 3.47. The minimum Gasteiger partial charge on any atom is -0.350 e. The number of anilines is 1. The van der Waals surface area contributed by atoms with Gasteiger partial charge in [-0.25, -0.2) is 4.98 Å². The number of hydrogen-bond acceptors (Lipinski definition) is 5. The molecular weight excluding hydrogens is 268 g/mol. The van der Waals surface area contributed by atoms with Crippen molar-refractivity contribution in [3.63, 3.8) is 0 Å². The highest BCUT2D eigenvalue weighted by atomic mass is 32.1. The molecule has 1 aromatic heterocycles. The number of hydrogen-bond donors (Lipinski definition) is 0. The number of aromatic nitrogens is 2. The Bertz CT molecular complexity index is 404. The second-order valence-corrected chi connectivity index (χ2v) is 7.16. The van der Waals surface area contributed by atoms with Crippen molar-refractivity contribution in [2.24, 2.45) is 5.92 Å². The van der Waals surface area contributed by atoms with E-state index in [9.17, 15) is 0 Å². The van der Waals surface area contributed by atoms with Gasteiger partial charge in [-0.05, 0) is 38.8 Å². The summed E-state index contributed by atoms with van der Waals surface area (Å²) in [4.78, 5) is 9.44. The van der Waals surface area contributed by atoms with Gasteiger partial charge in [0.05, 0.1) is 0 Å². The Morgan fingerprint density at radius 3 is 2.90 bits per heavy atom. The van der Waals surface area contributed by atoms with Crippen molar-refractivity contribution in [3.8, 4) is 0 Å². The monoisotopic (exact) mass is 296 g/mol. The van der Waals surface area contributed by atoms with Crippen molar-refractivity contribution >= 4 is 16.7 Å². The average Bonchev–Trinajstić information content (AvgIpc) is 2.85. The first kappa shape index (κ1) is 15.7. The van der Waals surface area contributed by atoms with E-state index in [1.807, 2.05) is 0 Å². The zero-order chi connectivity index (χ0) is 14.5. The van der Waals surface area contributed by atoms with Crippen LogP contribution in [-0.4, -0.2) is 47.5 Å². The number of nitrogens with zero attached hydrogens (tertiary/aromatic N) is 4. The van der Waals surface area contributed by atoms with Crippen LogP contribution < -0.4 is 4.90 Å². The van der Waals surface area contributed by atoms with Crippen molar-refractivity contribution in [2.75, 3.05) is 32.1 Å². The Hall–Kier alpha value is -0.680. The van der Waals surface area contributed by atoms with Gasteiger partial charge in [-0.15, -0.1) is 0 Å². The molecule has 4 nitrogen and oxygen atoms in total. The van der Waals surface area contributed by atoms with E-state index in [2.05, 4.69) is 47.1 Å². The van der Waals surface area contributed by atoms with Crippen molar-refractivity contribution in [1.82, 2.24) is 14.3 Å². The second-order valence-electron chi connectivity index (χ2n) is 6.43. The molecule has 0 bridgehead atoms. The molecule has 1 aliphatic rings. The molecule has 2 rings (SSSR count). The standard InChI is InChI=1S/C15H28N4S/c1-12(2)11-14-16-15(20-17-14)19(4)10-8-13-7-5-6-9-18(13)3/h12-13H,5-11H2,1-4H3. The van der Waals surface area contributed by atoms with E-state index in [0.29, 0.717) is 5.92 Å². The van der Waals surface area contributed by atoms with Crippen LogP contribution in [-0.2, 0) is 6.42 Å². The van der Waals surface area contributed by atoms with E-state index in [0.717, 1.165) is 30.0 Å². The van der Waals surface area contributed by atoms with E-state index in [1.54, 1.807) is 0 Å². The first-order valence-electron chi connectivity index (χ1n) is 7.80.